The number of fused-ring (bicyclic) bond motifs is 1. The summed E-state index contributed by atoms with van der Waals surface area (Å²) in [7, 11) is 0. The molecule has 29 heavy (non-hydrogen) atoms. The molecular formula is C22H26ClN3O3. The van der Waals surface area contributed by atoms with Crippen LogP contribution in [0.4, 0.5) is 0 Å². The number of amides is 1. The van der Waals surface area contributed by atoms with Gasteiger partial charge in [0.05, 0.1) is 12.6 Å². The highest BCUT2D eigenvalue weighted by atomic mass is 35.5. The molecule has 7 heteroatoms. The number of halogens is 1. The van der Waals surface area contributed by atoms with Crippen LogP contribution in [0, 0.1) is 0 Å². The van der Waals surface area contributed by atoms with Crippen molar-refractivity contribution in [3.63, 3.8) is 0 Å². The van der Waals surface area contributed by atoms with E-state index in [4.69, 9.17) is 21.1 Å². The van der Waals surface area contributed by atoms with E-state index in [-0.39, 0.29) is 18.7 Å². The van der Waals surface area contributed by atoms with Crippen molar-refractivity contribution in [2.75, 3.05) is 39.5 Å². The monoisotopic (exact) mass is 415 g/mol. The Kier molecular flexibility index (Phi) is 6.23. The Labute approximate surface area is 176 Å². The molecule has 2 aromatic rings. The fourth-order valence-electron chi connectivity index (χ4n) is 3.76. The van der Waals surface area contributed by atoms with Gasteiger partial charge in [-0.1, -0.05) is 29.8 Å². The number of benzene rings is 2. The van der Waals surface area contributed by atoms with Crippen LogP contribution in [0.25, 0.3) is 0 Å². The molecule has 1 N–H and O–H groups in total. The molecule has 0 aromatic heterocycles. The van der Waals surface area contributed by atoms with Gasteiger partial charge in [-0.25, -0.2) is 0 Å². The molecule has 1 amide bonds. The molecule has 154 valence electrons. The Morgan fingerprint density at radius 2 is 1.83 bits per heavy atom. The summed E-state index contributed by atoms with van der Waals surface area (Å²) in [5.41, 5.74) is 2.23. The smallest absolute Gasteiger partial charge is 0.234 e. The largest absolute Gasteiger partial charge is 0.454 e. The number of nitrogens with one attached hydrogen (secondary N) is 1. The van der Waals surface area contributed by atoms with E-state index in [2.05, 4.69) is 21.2 Å². The lowest BCUT2D eigenvalue weighted by Gasteiger charge is -2.34. The van der Waals surface area contributed by atoms with Crippen molar-refractivity contribution in [2.24, 2.45) is 0 Å². The van der Waals surface area contributed by atoms with E-state index in [1.165, 1.54) is 5.56 Å². The van der Waals surface area contributed by atoms with E-state index in [0.29, 0.717) is 6.54 Å². The molecule has 0 unspecified atom stereocenters. The van der Waals surface area contributed by atoms with E-state index < -0.39 is 0 Å². The Morgan fingerprint density at radius 3 is 2.62 bits per heavy atom. The van der Waals surface area contributed by atoms with Crippen LogP contribution in [-0.2, 0) is 11.3 Å². The van der Waals surface area contributed by atoms with E-state index in [1.807, 2.05) is 43.3 Å². The minimum absolute atomic E-state index is 0.0402. The van der Waals surface area contributed by atoms with Crippen LogP contribution >= 0.6 is 11.6 Å². The molecule has 0 bridgehead atoms. The molecule has 1 fully saturated rings. The average molecular weight is 416 g/mol. The maximum absolute atomic E-state index is 12.5. The molecule has 6 nitrogen and oxygen atoms in total. The maximum atomic E-state index is 12.5. The van der Waals surface area contributed by atoms with Crippen molar-refractivity contribution in [1.29, 1.82) is 0 Å². The van der Waals surface area contributed by atoms with Gasteiger partial charge >= 0.3 is 0 Å². The van der Waals surface area contributed by atoms with Crippen LogP contribution in [0.1, 0.15) is 24.1 Å². The lowest BCUT2D eigenvalue weighted by atomic mass is 10.1. The predicted molar refractivity (Wildman–Crippen MR) is 112 cm³/mol. The first-order valence-electron chi connectivity index (χ1n) is 9.95. The Bertz CT molecular complexity index is 868. The number of rotatable bonds is 6. The van der Waals surface area contributed by atoms with Crippen molar-refractivity contribution in [2.45, 2.75) is 19.5 Å². The van der Waals surface area contributed by atoms with Gasteiger partial charge in [0, 0.05) is 37.7 Å². The standard InChI is InChI=1S/C22H26ClN3O3/c1-16(18-5-6-20-21(12-18)29-15-28-20)24-22(27)14-26-9-7-25(8-10-26)13-17-3-2-4-19(23)11-17/h2-6,11-12,16H,7-10,13-15H2,1H3,(H,24,27)/t16-/m1/s1. The molecule has 0 aliphatic carbocycles. The van der Waals surface area contributed by atoms with Crippen molar-refractivity contribution < 1.29 is 14.3 Å². The summed E-state index contributed by atoms with van der Waals surface area (Å²) < 4.78 is 10.8. The molecule has 0 radical (unpaired) electrons. The zero-order valence-corrected chi connectivity index (χ0v) is 17.3. The first-order chi connectivity index (χ1) is 14.1. The molecule has 1 atom stereocenters. The van der Waals surface area contributed by atoms with Gasteiger partial charge in [0.2, 0.25) is 12.7 Å². The average Bonchev–Trinajstić information content (AvgIpc) is 3.17. The van der Waals surface area contributed by atoms with E-state index >= 15 is 0 Å². The normalized spacial score (nSPS) is 17.9. The minimum atomic E-state index is -0.0823. The van der Waals surface area contributed by atoms with Crippen molar-refractivity contribution in [3.05, 3.63) is 58.6 Å². The quantitative estimate of drug-likeness (QED) is 0.785. The summed E-state index contributed by atoms with van der Waals surface area (Å²) in [6, 6.07) is 13.7. The number of hydrogen-bond donors (Lipinski definition) is 1. The summed E-state index contributed by atoms with van der Waals surface area (Å²) in [5, 5.41) is 3.86. The fraction of sp³-hybridized carbons (Fsp3) is 0.409. The van der Waals surface area contributed by atoms with Gasteiger partial charge in [0.15, 0.2) is 11.5 Å². The molecule has 1 saturated heterocycles. The number of piperazine rings is 1. The van der Waals surface area contributed by atoms with E-state index in [0.717, 1.165) is 54.8 Å². The molecule has 2 aliphatic heterocycles. The number of nitrogens with zero attached hydrogens (tertiary/aromatic N) is 2. The van der Waals surface area contributed by atoms with Gasteiger partial charge in [-0.15, -0.1) is 0 Å². The number of ether oxygens (including phenoxy) is 2. The highest BCUT2D eigenvalue weighted by Crippen LogP contribution is 2.34. The molecule has 0 spiro atoms. The first kappa shape index (κ1) is 20.0. The molecular weight excluding hydrogens is 390 g/mol. The van der Waals surface area contributed by atoms with Crippen LogP contribution in [0.3, 0.4) is 0 Å². The Morgan fingerprint density at radius 1 is 1.07 bits per heavy atom. The highest BCUT2D eigenvalue weighted by Gasteiger charge is 2.21. The summed E-state index contributed by atoms with van der Waals surface area (Å²) in [5.74, 6) is 1.53. The lowest BCUT2D eigenvalue weighted by molar-refractivity contribution is -0.123. The summed E-state index contributed by atoms with van der Waals surface area (Å²) in [4.78, 5) is 17.1. The third kappa shape index (κ3) is 5.21. The number of carbonyl (C=O) groups is 1. The Hall–Kier alpha value is -2.28. The minimum Gasteiger partial charge on any atom is -0.454 e. The maximum Gasteiger partial charge on any atom is 0.234 e. The molecule has 2 aliphatic rings. The second kappa shape index (κ2) is 9.03. The van der Waals surface area contributed by atoms with Gasteiger partial charge in [-0.2, -0.15) is 0 Å². The first-order valence-corrected chi connectivity index (χ1v) is 10.3. The van der Waals surface area contributed by atoms with Crippen LogP contribution in [0.15, 0.2) is 42.5 Å². The third-order valence-corrected chi connectivity index (χ3v) is 5.64. The van der Waals surface area contributed by atoms with Crippen molar-refractivity contribution in [1.82, 2.24) is 15.1 Å². The van der Waals surface area contributed by atoms with Crippen LogP contribution in [-0.4, -0.2) is 55.2 Å². The topological polar surface area (TPSA) is 54.0 Å². The van der Waals surface area contributed by atoms with Gasteiger partial charge in [0.25, 0.3) is 0 Å². The van der Waals surface area contributed by atoms with E-state index in [9.17, 15) is 4.79 Å². The van der Waals surface area contributed by atoms with Gasteiger partial charge < -0.3 is 14.8 Å². The summed E-state index contributed by atoms with van der Waals surface area (Å²) in [6.45, 7) is 7.19. The lowest BCUT2D eigenvalue weighted by Crippen LogP contribution is -2.49. The molecule has 2 aromatic carbocycles. The zero-order valence-electron chi connectivity index (χ0n) is 16.6. The van der Waals surface area contributed by atoms with Gasteiger partial charge in [-0.3, -0.25) is 14.6 Å². The molecule has 0 saturated carbocycles. The summed E-state index contributed by atoms with van der Waals surface area (Å²) >= 11 is 6.07. The summed E-state index contributed by atoms with van der Waals surface area (Å²) in [6.07, 6.45) is 0. The second-order valence-corrected chi connectivity index (χ2v) is 8.02. The van der Waals surface area contributed by atoms with Crippen LogP contribution in [0.5, 0.6) is 11.5 Å². The number of hydrogen-bond acceptors (Lipinski definition) is 5. The highest BCUT2D eigenvalue weighted by molar-refractivity contribution is 6.30. The predicted octanol–water partition coefficient (Wildman–Crippen LogP) is 3.06. The van der Waals surface area contributed by atoms with Crippen LogP contribution < -0.4 is 14.8 Å². The number of carbonyl (C=O) groups excluding carboxylic acids is 1. The Balaban J connectivity index is 1.22. The zero-order chi connectivity index (χ0) is 20.2. The fourth-order valence-corrected chi connectivity index (χ4v) is 3.97. The molecule has 2 heterocycles. The van der Waals surface area contributed by atoms with Gasteiger partial charge in [-0.05, 0) is 42.3 Å². The van der Waals surface area contributed by atoms with Gasteiger partial charge in [0.1, 0.15) is 0 Å². The second-order valence-electron chi connectivity index (χ2n) is 7.58. The third-order valence-electron chi connectivity index (χ3n) is 5.40. The SMILES string of the molecule is C[C@@H](NC(=O)CN1CCN(Cc2cccc(Cl)c2)CC1)c1ccc2c(c1)OCO2. The van der Waals surface area contributed by atoms with Crippen LogP contribution in [0.2, 0.25) is 5.02 Å². The van der Waals surface area contributed by atoms with E-state index in [1.54, 1.807) is 0 Å². The van der Waals surface area contributed by atoms with Crippen molar-refractivity contribution in [3.8, 4) is 11.5 Å². The van der Waals surface area contributed by atoms with Crippen molar-refractivity contribution >= 4 is 17.5 Å². The molecule has 4 rings (SSSR count).